The first kappa shape index (κ1) is 23.2. The summed E-state index contributed by atoms with van der Waals surface area (Å²) in [5.41, 5.74) is 2.06. The third-order valence-corrected chi connectivity index (χ3v) is 8.55. The van der Waals surface area contributed by atoms with Gasteiger partial charge in [0.05, 0.1) is 12.2 Å². The second-order valence-corrected chi connectivity index (χ2v) is 10.7. The van der Waals surface area contributed by atoms with Crippen molar-refractivity contribution in [2.24, 2.45) is 11.8 Å². The second-order valence-electron chi connectivity index (χ2n) is 10.7. The van der Waals surface area contributed by atoms with E-state index in [1.54, 1.807) is 0 Å². The maximum Gasteiger partial charge on any atom is 0.126 e. The van der Waals surface area contributed by atoms with Crippen LogP contribution in [0.2, 0.25) is 0 Å². The highest BCUT2D eigenvalue weighted by Crippen LogP contribution is 2.42. The van der Waals surface area contributed by atoms with Gasteiger partial charge in [-0.05, 0) is 111 Å². The molecule has 1 aromatic carbocycles. The zero-order valence-electron chi connectivity index (χ0n) is 19.5. The largest absolute Gasteiger partial charge is 0.393 e. The summed E-state index contributed by atoms with van der Waals surface area (Å²) < 4.78 is 21.3. The Bertz CT molecular complexity index is 666. The number of rotatable bonds is 7. The van der Waals surface area contributed by atoms with Crippen molar-refractivity contribution >= 4 is 0 Å². The number of hydrogen-bond donors (Lipinski definition) is 1. The Morgan fingerprint density at radius 1 is 0.903 bits per heavy atom. The molecule has 174 valence electrons. The fourth-order valence-corrected chi connectivity index (χ4v) is 6.45. The molecule has 0 spiro atoms. The highest BCUT2D eigenvalue weighted by molar-refractivity contribution is 5.30. The molecule has 4 rings (SSSR count). The summed E-state index contributed by atoms with van der Waals surface area (Å²) in [6.45, 7) is 3.24. The van der Waals surface area contributed by atoms with Crippen LogP contribution in [0.4, 0.5) is 4.39 Å². The molecule has 2 nitrogen and oxygen atoms in total. The summed E-state index contributed by atoms with van der Waals surface area (Å²) in [6, 6.07) is 6.05. The van der Waals surface area contributed by atoms with Gasteiger partial charge in [-0.1, -0.05) is 38.3 Å². The molecule has 3 aliphatic rings. The van der Waals surface area contributed by atoms with E-state index >= 15 is 0 Å². The first-order valence-corrected chi connectivity index (χ1v) is 13.2. The summed E-state index contributed by atoms with van der Waals surface area (Å²) in [4.78, 5) is 0. The molecule has 0 bridgehead atoms. The topological polar surface area (TPSA) is 29.5 Å². The summed E-state index contributed by atoms with van der Waals surface area (Å²) >= 11 is 0. The number of aliphatic hydroxyl groups is 1. The van der Waals surface area contributed by atoms with Gasteiger partial charge in [-0.3, -0.25) is 0 Å². The molecule has 0 amide bonds. The van der Waals surface area contributed by atoms with E-state index in [0.717, 1.165) is 43.8 Å². The van der Waals surface area contributed by atoms with Crippen LogP contribution in [-0.2, 0) is 4.74 Å². The summed E-state index contributed by atoms with van der Waals surface area (Å²) in [5, 5.41) is 9.73. The minimum Gasteiger partial charge on any atom is -0.393 e. The van der Waals surface area contributed by atoms with E-state index in [9.17, 15) is 9.50 Å². The Morgan fingerprint density at radius 3 is 2.29 bits per heavy atom. The summed E-state index contributed by atoms with van der Waals surface area (Å²) in [5.74, 6) is 2.24. The van der Waals surface area contributed by atoms with Crippen molar-refractivity contribution in [2.75, 3.05) is 6.61 Å². The lowest BCUT2D eigenvalue weighted by Gasteiger charge is -2.38. The van der Waals surface area contributed by atoms with E-state index in [1.807, 2.05) is 12.1 Å². The lowest BCUT2D eigenvalue weighted by molar-refractivity contribution is -0.0578. The van der Waals surface area contributed by atoms with Gasteiger partial charge in [-0.25, -0.2) is 4.39 Å². The molecule has 1 aromatic rings. The summed E-state index contributed by atoms with van der Waals surface area (Å²) in [6.07, 6.45) is 16.4. The molecule has 2 unspecified atom stereocenters. The van der Waals surface area contributed by atoms with E-state index in [2.05, 4.69) is 13.0 Å². The van der Waals surface area contributed by atoms with Crippen LogP contribution in [0.15, 0.2) is 18.2 Å². The molecule has 31 heavy (non-hydrogen) atoms. The monoisotopic (exact) mass is 430 g/mol. The second kappa shape index (κ2) is 11.3. The first-order valence-electron chi connectivity index (χ1n) is 13.2. The minimum atomic E-state index is -0.186. The Hall–Kier alpha value is -0.930. The average Bonchev–Trinajstić information content (AvgIpc) is 2.81. The van der Waals surface area contributed by atoms with Gasteiger partial charge in [0, 0.05) is 6.61 Å². The molecule has 1 saturated heterocycles. The van der Waals surface area contributed by atoms with Crippen LogP contribution in [0.5, 0.6) is 0 Å². The number of benzene rings is 1. The van der Waals surface area contributed by atoms with Gasteiger partial charge in [-0.15, -0.1) is 0 Å². The van der Waals surface area contributed by atoms with E-state index in [0.29, 0.717) is 17.9 Å². The highest BCUT2D eigenvalue weighted by Gasteiger charge is 2.32. The maximum absolute atomic E-state index is 14.9. The Balaban J connectivity index is 1.24. The normalized spacial score (nSPS) is 34.5. The molecule has 2 saturated carbocycles. The first-order chi connectivity index (χ1) is 15.1. The molecule has 0 aromatic heterocycles. The van der Waals surface area contributed by atoms with Crippen LogP contribution >= 0.6 is 0 Å². The zero-order valence-corrected chi connectivity index (χ0v) is 19.5. The van der Waals surface area contributed by atoms with Crippen molar-refractivity contribution in [3.63, 3.8) is 0 Å². The van der Waals surface area contributed by atoms with Crippen LogP contribution < -0.4 is 0 Å². The molecule has 0 radical (unpaired) electrons. The third kappa shape index (κ3) is 6.11. The van der Waals surface area contributed by atoms with Crippen molar-refractivity contribution in [1.29, 1.82) is 0 Å². The van der Waals surface area contributed by atoms with Crippen molar-refractivity contribution in [2.45, 2.75) is 121 Å². The van der Waals surface area contributed by atoms with Gasteiger partial charge in [0.2, 0.25) is 0 Å². The standard InChI is InChI=1S/C28H43FO2/c1-2-3-4-5-20-6-17-28(31-19-20)23-9-7-21(8-10-23)24-13-16-26(27(29)18-24)22-11-14-25(30)15-12-22/h13,16,18,20-23,25,28,30H,2-12,14-15,17,19H2,1H3. The molecule has 3 fully saturated rings. The van der Waals surface area contributed by atoms with Crippen molar-refractivity contribution in [3.05, 3.63) is 35.1 Å². The van der Waals surface area contributed by atoms with Gasteiger partial charge in [-0.2, -0.15) is 0 Å². The highest BCUT2D eigenvalue weighted by atomic mass is 19.1. The number of ether oxygens (including phenoxy) is 1. The van der Waals surface area contributed by atoms with Crippen molar-refractivity contribution < 1.29 is 14.2 Å². The molecule has 2 atom stereocenters. The van der Waals surface area contributed by atoms with Crippen LogP contribution in [0.3, 0.4) is 0 Å². The van der Waals surface area contributed by atoms with Crippen molar-refractivity contribution in [3.8, 4) is 0 Å². The molecule has 1 heterocycles. The molecule has 2 aliphatic carbocycles. The zero-order chi connectivity index (χ0) is 21.6. The van der Waals surface area contributed by atoms with Crippen LogP contribution in [0.1, 0.15) is 120 Å². The number of unbranched alkanes of at least 4 members (excludes halogenated alkanes) is 2. The summed E-state index contributed by atoms with van der Waals surface area (Å²) in [7, 11) is 0. The van der Waals surface area contributed by atoms with Gasteiger partial charge < -0.3 is 9.84 Å². The molecule has 1 aliphatic heterocycles. The van der Waals surface area contributed by atoms with E-state index in [1.165, 1.54) is 69.8 Å². The predicted octanol–water partition coefficient (Wildman–Crippen LogP) is 7.49. The molecular weight excluding hydrogens is 387 g/mol. The minimum absolute atomic E-state index is 0.0225. The average molecular weight is 431 g/mol. The van der Waals surface area contributed by atoms with Gasteiger partial charge >= 0.3 is 0 Å². The molecule has 1 N–H and O–H groups in total. The van der Waals surface area contributed by atoms with Gasteiger partial charge in [0.15, 0.2) is 0 Å². The Morgan fingerprint density at radius 2 is 1.65 bits per heavy atom. The fourth-order valence-electron chi connectivity index (χ4n) is 6.45. The van der Waals surface area contributed by atoms with E-state index < -0.39 is 0 Å². The lowest BCUT2D eigenvalue weighted by Crippen LogP contribution is -2.34. The van der Waals surface area contributed by atoms with Crippen LogP contribution in [-0.4, -0.2) is 23.9 Å². The van der Waals surface area contributed by atoms with Gasteiger partial charge in [0.25, 0.3) is 0 Å². The van der Waals surface area contributed by atoms with Crippen molar-refractivity contribution in [1.82, 2.24) is 0 Å². The number of hydrogen-bond acceptors (Lipinski definition) is 2. The fraction of sp³-hybridized carbons (Fsp3) is 0.786. The predicted molar refractivity (Wildman–Crippen MR) is 125 cm³/mol. The number of halogens is 1. The third-order valence-electron chi connectivity index (χ3n) is 8.55. The van der Waals surface area contributed by atoms with Gasteiger partial charge in [0.1, 0.15) is 5.82 Å². The Kier molecular flexibility index (Phi) is 8.45. The lowest BCUT2D eigenvalue weighted by atomic mass is 9.74. The van der Waals surface area contributed by atoms with E-state index in [-0.39, 0.29) is 17.8 Å². The molecule has 3 heteroatoms. The van der Waals surface area contributed by atoms with Crippen LogP contribution in [0.25, 0.3) is 0 Å². The SMILES string of the molecule is CCCCCC1CCC(C2CCC(c3ccc(C4CCC(O)CC4)c(F)c3)CC2)OC1. The quantitative estimate of drug-likeness (QED) is 0.454. The van der Waals surface area contributed by atoms with Crippen LogP contribution in [0, 0.1) is 17.7 Å². The smallest absolute Gasteiger partial charge is 0.126 e. The maximum atomic E-state index is 14.9. The Labute approximate surface area is 189 Å². The molecular formula is C28H43FO2. The number of aliphatic hydroxyl groups excluding tert-OH is 1. The van der Waals surface area contributed by atoms with E-state index in [4.69, 9.17) is 4.74 Å².